The minimum atomic E-state index is -0.863. The molecule has 1 heterocycles. The Bertz CT molecular complexity index is 878. The summed E-state index contributed by atoms with van der Waals surface area (Å²) < 4.78 is 6.18. The van der Waals surface area contributed by atoms with Crippen LogP contribution in [0, 0.1) is 0 Å². The van der Waals surface area contributed by atoms with Gasteiger partial charge in [-0.05, 0) is 12.1 Å². The summed E-state index contributed by atoms with van der Waals surface area (Å²) in [7, 11) is 1.54. The summed E-state index contributed by atoms with van der Waals surface area (Å²) in [6.07, 6.45) is -0.863. The van der Waals surface area contributed by atoms with Gasteiger partial charge < -0.3 is 15.2 Å². The number of nitrogens with one attached hydrogen (secondary N) is 1. The van der Waals surface area contributed by atoms with Gasteiger partial charge in [-0.1, -0.05) is 48.0 Å². The molecule has 4 nitrogen and oxygen atoms in total. The van der Waals surface area contributed by atoms with Gasteiger partial charge in [-0.25, -0.2) is 0 Å². The number of hydrogen-bond donors (Lipinski definition) is 2. The van der Waals surface area contributed by atoms with Gasteiger partial charge in [-0.15, -0.1) is 11.3 Å². The average molecular weight is 362 g/mol. The van der Waals surface area contributed by atoms with Crippen LogP contribution in [0.2, 0.25) is 5.02 Å². The van der Waals surface area contributed by atoms with E-state index in [1.165, 1.54) is 11.3 Å². The largest absolute Gasteiger partial charge is 0.496 e. The molecule has 1 atom stereocenters. The molecule has 1 aromatic heterocycles. The summed E-state index contributed by atoms with van der Waals surface area (Å²) in [5.41, 5.74) is 0.628. The summed E-state index contributed by atoms with van der Waals surface area (Å²) >= 11 is 7.64. The first kappa shape index (κ1) is 16.8. The number of carbonyl (C=O) groups is 1. The summed E-state index contributed by atoms with van der Waals surface area (Å²) in [6, 6.07) is 14.8. The first-order valence-electron chi connectivity index (χ1n) is 7.38. The van der Waals surface area contributed by atoms with Crippen LogP contribution in [-0.4, -0.2) is 24.7 Å². The van der Waals surface area contributed by atoms with Crippen LogP contribution >= 0.6 is 22.9 Å². The number of carbonyl (C=O) groups excluding carboxylic acids is 1. The highest BCUT2D eigenvalue weighted by atomic mass is 35.5. The predicted molar refractivity (Wildman–Crippen MR) is 97.1 cm³/mol. The highest BCUT2D eigenvalue weighted by molar-refractivity contribution is 7.21. The molecule has 124 valence electrons. The lowest BCUT2D eigenvalue weighted by Gasteiger charge is -2.15. The van der Waals surface area contributed by atoms with Gasteiger partial charge in [-0.3, -0.25) is 4.79 Å². The molecule has 1 amide bonds. The van der Waals surface area contributed by atoms with E-state index in [0.29, 0.717) is 21.2 Å². The number of rotatable bonds is 5. The molecule has 0 saturated heterocycles. The van der Waals surface area contributed by atoms with Crippen LogP contribution in [0.25, 0.3) is 10.1 Å². The second kappa shape index (κ2) is 7.21. The molecule has 24 heavy (non-hydrogen) atoms. The molecule has 0 aliphatic carbocycles. The van der Waals surface area contributed by atoms with Crippen molar-refractivity contribution >= 4 is 38.9 Å². The Labute approximate surface area is 148 Å². The van der Waals surface area contributed by atoms with Crippen molar-refractivity contribution in [1.29, 1.82) is 0 Å². The lowest BCUT2D eigenvalue weighted by Crippen LogP contribution is -2.28. The number of para-hydroxylation sites is 1. The number of thiophene rings is 1. The van der Waals surface area contributed by atoms with Crippen LogP contribution in [0.4, 0.5) is 0 Å². The third kappa shape index (κ3) is 3.24. The van der Waals surface area contributed by atoms with Crippen molar-refractivity contribution < 1.29 is 14.6 Å². The molecule has 2 N–H and O–H groups in total. The second-order valence-electron chi connectivity index (χ2n) is 5.21. The fraction of sp³-hybridized carbons (Fsp3) is 0.167. The molecule has 0 unspecified atom stereocenters. The number of benzene rings is 2. The molecule has 0 radical (unpaired) electrons. The number of amides is 1. The van der Waals surface area contributed by atoms with E-state index in [4.69, 9.17) is 16.3 Å². The molecule has 0 aliphatic rings. The van der Waals surface area contributed by atoms with Gasteiger partial charge in [0.25, 0.3) is 5.91 Å². The zero-order valence-corrected chi connectivity index (χ0v) is 14.5. The van der Waals surface area contributed by atoms with Crippen LogP contribution in [0.3, 0.4) is 0 Å². The minimum absolute atomic E-state index is 0.0732. The van der Waals surface area contributed by atoms with Crippen molar-refractivity contribution in [2.45, 2.75) is 6.10 Å². The van der Waals surface area contributed by atoms with E-state index in [9.17, 15) is 9.90 Å². The molecule has 6 heteroatoms. The molecule has 3 rings (SSSR count). The van der Waals surface area contributed by atoms with Crippen molar-refractivity contribution in [2.24, 2.45) is 0 Å². The fourth-order valence-electron chi connectivity index (χ4n) is 2.48. The topological polar surface area (TPSA) is 58.6 Å². The maximum atomic E-state index is 12.4. The first-order valence-corrected chi connectivity index (χ1v) is 8.57. The van der Waals surface area contributed by atoms with Crippen molar-refractivity contribution in [2.75, 3.05) is 13.7 Å². The maximum Gasteiger partial charge on any atom is 0.263 e. The Morgan fingerprint density at radius 1 is 1.25 bits per heavy atom. The van der Waals surface area contributed by atoms with Crippen LogP contribution in [0.5, 0.6) is 5.75 Å². The molecular formula is C18H16ClNO3S. The van der Waals surface area contributed by atoms with Crippen molar-refractivity contribution in [3.8, 4) is 5.75 Å². The van der Waals surface area contributed by atoms with E-state index in [-0.39, 0.29) is 12.5 Å². The van der Waals surface area contributed by atoms with Crippen LogP contribution in [0.1, 0.15) is 21.3 Å². The van der Waals surface area contributed by atoms with Crippen LogP contribution in [0.15, 0.2) is 48.5 Å². The highest BCUT2D eigenvalue weighted by Gasteiger charge is 2.19. The molecular weight excluding hydrogens is 346 g/mol. The van der Waals surface area contributed by atoms with E-state index < -0.39 is 6.10 Å². The van der Waals surface area contributed by atoms with Gasteiger partial charge in [0.1, 0.15) is 10.6 Å². The molecule has 2 aromatic carbocycles. The predicted octanol–water partition coefficient (Wildman–Crippen LogP) is 4.03. The Kier molecular flexibility index (Phi) is 5.04. The summed E-state index contributed by atoms with van der Waals surface area (Å²) in [6.45, 7) is 0.0732. The highest BCUT2D eigenvalue weighted by Crippen LogP contribution is 2.35. The Balaban J connectivity index is 1.74. The zero-order valence-electron chi connectivity index (χ0n) is 13.0. The number of methoxy groups -OCH3 is 1. The first-order chi connectivity index (χ1) is 11.6. The lowest BCUT2D eigenvalue weighted by molar-refractivity contribution is 0.0919. The molecule has 0 fully saturated rings. The number of halogens is 1. The average Bonchev–Trinajstić information content (AvgIpc) is 2.96. The Morgan fingerprint density at radius 2 is 1.96 bits per heavy atom. The Hall–Kier alpha value is -2.08. The number of hydrogen-bond acceptors (Lipinski definition) is 4. The Morgan fingerprint density at radius 3 is 2.71 bits per heavy atom. The van der Waals surface area contributed by atoms with Gasteiger partial charge in [0.15, 0.2) is 0 Å². The van der Waals surface area contributed by atoms with Gasteiger partial charge in [0, 0.05) is 22.2 Å². The van der Waals surface area contributed by atoms with Crippen molar-refractivity contribution in [3.05, 3.63) is 64.0 Å². The van der Waals surface area contributed by atoms with Crippen LogP contribution < -0.4 is 10.1 Å². The quantitative estimate of drug-likeness (QED) is 0.721. The number of fused-ring (bicyclic) bond motifs is 1. The van der Waals surface area contributed by atoms with Gasteiger partial charge in [0.05, 0.1) is 18.2 Å². The monoisotopic (exact) mass is 361 g/mol. The minimum Gasteiger partial charge on any atom is -0.496 e. The molecule has 0 spiro atoms. The maximum absolute atomic E-state index is 12.4. The smallest absolute Gasteiger partial charge is 0.263 e. The standard InChI is InChI=1S/C18H16ClNO3S/c1-23-14-8-4-2-6-11(14)13(21)10-20-18(22)17-16(19)12-7-3-5-9-15(12)24-17/h2-9,13,21H,10H2,1H3,(H,20,22)/t13-/m0/s1. The molecule has 0 aliphatic heterocycles. The van der Waals surface area contributed by atoms with Gasteiger partial charge >= 0.3 is 0 Å². The third-order valence-electron chi connectivity index (χ3n) is 3.70. The molecule has 3 aromatic rings. The van der Waals surface area contributed by atoms with Crippen LogP contribution in [-0.2, 0) is 0 Å². The fourth-order valence-corrected chi connectivity index (χ4v) is 3.91. The number of aliphatic hydroxyl groups excluding tert-OH is 1. The number of ether oxygens (including phenoxy) is 1. The van der Waals surface area contributed by atoms with E-state index >= 15 is 0 Å². The van der Waals surface area contributed by atoms with Gasteiger partial charge in [-0.2, -0.15) is 0 Å². The normalized spacial score (nSPS) is 12.1. The SMILES string of the molecule is COc1ccccc1[C@@H](O)CNC(=O)c1sc2ccccc2c1Cl. The van der Waals surface area contributed by atoms with E-state index in [0.717, 1.165) is 10.1 Å². The summed E-state index contributed by atoms with van der Waals surface area (Å²) in [5.74, 6) is 0.286. The van der Waals surface area contributed by atoms with Gasteiger partial charge in [0.2, 0.25) is 0 Å². The van der Waals surface area contributed by atoms with Crippen molar-refractivity contribution in [1.82, 2.24) is 5.32 Å². The summed E-state index contributed by atoms with van der Waals surface area (Å²) in [4.78, 5) is 12.8. The van der Waals surface area contributed by atoms with Crippen molar-refractivity contribution in [3.63, 3.8) is 0 Å². The van der Waals surface area contributed by atoms with E-state index in [1.807, 2.05) is 36.4 Å². The second-order valence-corrected chi connectivity index (χ2v) is 6.64. The molecule has 0 saturated carbocycles. The van der Waals surface area contributed by atoms with E-state index in [2.05, 4.69) is 5.32 Å². The zero-order chi connectivity index (χ0) is 17.1. The third-order valence-corrected chi connectivity index (χ3v) is 5.37. The summed E-state index contributed by atoms with van der Waals surface area (Å²) in [5, 5.41) is 14.3. The lowest BCUT2D eigenvalue weighted by atomic mass is 10.1. The van der Waals surface area contributed by atoms with E-state index in [1.54, 1.807) is 19.2 Å². The number of aliphatic hydroxyl groups is 1. The molecule has 0 bridgehead atoms.